The Hall–Kier alpha value is -2.77. The zero-order valence-corrected chi connectivity index (χ0v) is 19.3. The molecule has 0 aliphatic rings. The fourth-order valence-corrected chi connectivity index (χ4v) is 3.52. The molecule has 0 atom stereocenters. The van der Waals surface area contributed by atoms with Gasteiger partial charge in [-0.3, -0.25) is 4.68 Å². The average molecular weight is 459 g/mol. The molecule has 0 saturated carbocycles. The van der Waals surface area contributed by atoms with Crippen LogP contribution < -0.4 is 20.1 Å². The summed E-state index contributed by atoms with van der Waals surface area (Å²) >= 11 is 11.5. The number of ether oxygens (including phenoxy) is 2. The molecule has 3 aromatic rings. The Morgan fingerprint density at radius 1 is 1.06 bits per heavy atom. The van der Waals surface area contributed by atoms with Crippen molar-refractivity contribution in [3.05, 3.63) is 71.0 Å². The van der Waals surface area contributed by atoms with Gasteiger partial charge in [-0.25, -0.2) is 0 Å². The van der Waals surface area contributed by atoms with Gasteiger partial charge in [0.1, 0.15) is 0 Å². The number of hydrogen-bond acceptors (Lipinski definition) is 4. The maximum atomic E-state index is 6.04. The highest BCUT2D eigenvalue weighted by molar-refractivity contribution is 7.80. The van der Waals surface area contributed by atoms with Gasteiger partial charge in [-0.15, -0.1) is 0 Å². The molecule has 2 aromatic carbocycles. The molecule has 2 N–H and O–H groups in total. The summed E-state index contributed by atoms with van der Waals surface area (Å²) in [7, 11) is 0. The molecule has 164 valence electrons. The first kappa shape index (κ1) is 22.9. The molecule has 0 saturated heterocycles. The summed E-state index contributed by atoms with van der Waals surface area (Å²) in [5.41, 5.74) is 3.07. The molecular weight excluding hydrogens is 432 g/mol. The number of aromatic nitrogens is 2. The predicted octanol–water partition coefficient (Wildman–Crippen LogP) is 4.91. The lowest BCUT2D eigenvalue weighted by molar-refractivity contribution is 0.287. The van der Waals surface area contributed by atoms with E-state index in [-0.39, 0.29) is 0 Å². The van der Waals surface area contributed by atoms with Gasteiger partial charge in [-0.2, -0.15) is 5.10 Å². The quantitative estimate of drug-likeness (QED) is 0.421. The van der Waals surface area contributed by atoms with Gasteiger partial charge in [0.25, 0.3) is 0 Å². The van der Waals surface area contributed by atoms with Gasteiger partial charge in [0.2, 0.25) is 0 Å². The second kappa shape index (κ2) is 11.6. The molecule has 0 radical (unpaired) electrons. The van der Waals surface area contributed by atoms with Gasteiger partial charge in [0, 0.05) is 17.8 Å². The number of nitrogens with one attached hydrogen (secondary N) is 2. The number of rotatable bonds is 10. The van der Waals surface area contributed by atoms with Crippen LogP contribution in [0.15, 0.2) is 54.9 Å². The molecule has 8 heteroatoms. The van der Waals surface area contributed by atoms with Gasteiger partial charge in [-0.1, -0.05) is 29.8 Å². The second-order valence-electron chi connectivity index (χ2n) is 6.83. The van der Waals surface area contributed by atoms with Gasteiger partial charge in [0.15, 0.2) is 16.6 Å². The highest BCUT2D eigenvalue weighted by Gasteiger charge is 2.07. The van der Waals surface area contributed by atoms with E-state index in [4.69, 9.17) is 33.3 Å². The molecule has 1 aromatic heterocycles. The topological polar surface area (TPSA) is 60.3 Å². The number of anilines is 1. The first-order valence-corrected chi connectivity index (χ1v) is 11.1. The Morgan fingerprint density at radius 2 is 1.87 bits per heavy atom. The van der Waals surface area contributed by atoms with E-state index in [1.165, 1.54) is 0 Å². The average Bonchev–Trinajstić information content (AvgIpc) is 3.16. The molecule has 0 bridgehead atoms. The molecule has 0 unspecified atom stereocenters. The monoisotopic (exact) mass is 458 g/mol. The van der Waals surface area contributed by atoms with Crippen molar-refractivity contribution in [1.82, 2.24) is 15.1 Å². The lowest BCUT2D eigenvalue weighted by atomic mass is 10.1. The third kappa shape index (κ3) is 7.15. The van der Waals surface area contributed by atoms with Crippen LogP contribution in [0.5, 0.6) is 11.5 Å². The Bertz CT molecular complexity index is 1010. The Morgan fingerprint density at radius 3 is 2.65 bits per heavy atom. The van der Waals surface area contributed by atoms with E-state index >= 15 is 0 Å². The second-order valence-corrected chi connectivity index (χ2v) is 7.68. The third-order valence-electron chi connectivity index (χ3n) is 4.43. The summed E-state index contributed by atoms with van der Waals surface area (Å²) in [5, 5.41) is 12.0. The Labute approximate surface area is 193 Å². The molecule has 0 aliphatic heterocycles. The van der Waals surface area contributed by atoms with E-state index in [1.54, 1.807) is 6.20 Å². The maximum absolute atomic E-state index is 6.04. The van der Waals surface area contributed by atoms with Gasteiger partial charge in [-0.05, 0) is 67.9 Å². The van der Waals surface area contributed by atoms with Crippen molar-refractivity contribution in [2.75, 3.05) is 25.1 Å². The summed E-state index contributed by atoms with van der Waals surface area (Å²) < 4.78 is 13.1. The first-order valence-electron chi connectivity index (χ1n) is 10.3. The van der Waals surface area contributed by atoms with Crippen LogP contribution in [0.1, 0.15) is 25.0 Å². The fraction of sp³-hybridized carbons (Fsp3) is 0.304. The molecule has 31 heavy (non-hydrogen) atoms. The number of halogens is 1. The smallest absolute Gasteiger partial charge is 0.170 e. The van der Waals surface area contributed by atoms with E-state index in [9.17, 15) is 0 Å². The zero-order chi connectivity index (χ0) is 22.1. The van der Waals surface area contributed by atoms with Crippen molar-refractivity contribution < 1.29 is 9.47 Å². The maximum Gasteiger partial charge on any atom is 0.170 e. The van der Waals surface area contributed by atoms with Crippen LogP contribution in [0, 0.1) is 0 Å². The highest BCUT2D eigenvalue weighted by atomic mass is 35.5. The zero-order valence-electron chi connectivity index (χ0n) is 17.7. The summed E-state index contributed by atoms with van der Waals surface area (Å²) in [6, 6.07) is 13.8. The van der Waals surface area contributed by atoms with Crippen LogP contribution in [0.2, 0.25) is 5.02 Å². The SMILES string of the molecule is CCOc1ccc(CCNC(=S)Nc2cnn(Cc3cccc(Cl)c3)c2)cc1OCC. The molecule has 0 fully saturated rings. The number of nitrogens with zero attached hydrogens (tertiary/aromatic N) is 2. The third-order valence-corrected chi connectivity index (χ3v) is 4.91. The van der Waals surface area contributed by atoms with E-state index in [0.29, 0.717) is 36.4 Å². The minimum absolute atomic E-state index is 0.554. The van der Waals surface area contributed by atoms with Crippen molar-refractivity contribution in [3.63, 3.8) is 0 Å². The molecular formula is C23H27ClN4O2S. The summed E-state index contributed by atoms with van der Waals surface area (Å²) in [6.45, 7) is 6.47. The van der Waals surface area contributed by atoms with E-state index in [1.807, 2.05) is 67.2 Å². The van der Waals surface area contributed by atoms with Crippen LogP contribution in [0.25, 0.3) is 0 Å². The number of benzene rings is 2. The van der Waals surface area contributed by atoms with Crippen molar-refractivity contribution >= 4 is 34.6 Å². The molecule has 3 rings (SSSR count). The van der Waals surface area contributed by atoms with Gasteiger partial charge in [0.05, 0.1) is 31.6 Å². The van der Waals surface area contributed by atoms with Crippen LogP contribution >= 0.6 is 23.8 Å². The number of thiocarbonyl (C=S) groups is 1. The van der Waals surface area contributed by atoms with Crippen LogP contribution in [-0.4, -0.2) is 34.7 Å². The molecule has 0 aliphatic carbocycles. The van der Waals surface area contributed by atoms with Crippen molar-refractivity contribution in [2.24, 2.45) is 0 Å². The lowest BCUT2D eigenvalue weighted by Crippen LogP contribution is -2.30. The van der Waals surface area contributed by atoms with Crippen molar-refractivity contribution in [3.8, 4) is 11.5 Å². The fourth-order valence-electron chi connectivity index (χ4n) is 3.08. The van der Waals surface area contributed by atoms with Crippen LogP contribution in [-0.2, 0) is 13.0 Å². The summed E-state index contributed by atoms with van der Waals surface area (Å²) in [6.07, 6.45) is 4.47. The highest BCUT2D eigenvalue weighted by Crippen LogP contribution is 2.28. The minimum atomic E-state index is 0.554. The Kier molecular flexibility index (Phi) is 8.55. The van der Waals surface area contributed by atoms with Gasteiger partial charge < -0.3 is 20.1 Å². The number of hydrogen-bond donors (Lipinski definition) is 2. The first-order chi connectivity index (χ1) is 15.1. The van der Waals surface area contributed by atoms with E-state index in [0.717, 1.165) is 34.7 Å². The molecule has 1 heterocycles. The standard InChI is InChI=1S/C23H27ClN4O2S/c1-3-29-21-9-8-17(13-22(21)30-4-2)10-11-25-23(31)27-20-14-26-28(16-20)15-18-6-5-7-19(24)12-18/h5-9,12-14,16H,3-4,10-11,15H2,1-2H3,(H2,25,27,31). The molecule has 6 nitrogen and oxygen atoms in total. The summed E-state index contributed by atoms with van der Waals surface area (Å²) in [4.78, 5) is 0. The minimum Gasteiger partial charge on any atom is -0.490 e. The van der Waals surface area contributed by atoms with Gasteiger partial charge >= 0.3 is 0 Å². The van der Waals surface area contributed by atoms with Crippen molar-refractivity contribution in [2.45, 2.75) is 26.8 Å². The van der Waals surface area contributed by atoms with Crippen LogP contribution in [0.3, 0.4) is 0 Å². The molecule has 0 amide bonds. The van der Waals surface area contributed by atoms with E-state index < -0.39 is 0 Å². The molecule has 0 spiro atoms. The van der Waals surface area contributed by atoms with E-state index in [2.05, 4.69) is 15.7 Å². The lowest BCUT2D eigenvalue weighted by Gasteiger charge is -2.13. The predicted molar refractivity (Wildman–Crippen MR) is 129 cm³/mol. The Balaban J connectivity index is 1.47. The largest absolute Gasteiger partial charge is 0.490 e. The van der Waals surface area contributed by atoms with Crippen molar-refractivity contribution in [1.29, 1.82) is 0 Å². The normalized spacial score (nSPS) is 10.5. The van der Waals surface area contributed by atoms with Crippen LogP contribution in [0.4, 0.5) is 5.69 Å². The summed E-state index contributed by atoms with van der Waals surface area (Å²) in [5.74, 6) is 1.54.